The molecule has 1 heterocycles. The molecule has 2 rings (SSSR count). The van der Waals surface area contributed by atoms with Crippen LogP contribution in [-0.4, -0.2) is 19.3 Å². The predicted octanol–water partition coefficient (Wildman–Crippen LogP) is 1.26. The number of halogens is 2. The summed E-state index contributed by atoms with van der Waals surface area (Å²) in [5, 5.41) is 6.99. The van der Waals surface area contributed by atoms with Gasteiger partial charge >= 0.3 is 0 Å². The number of nitrogens with zero attached hydrogens (tertiary/aromatic N) is 1. The summed E-state index contributed by atoms with van der Waals surface area (Å²) < 4.78 is 49.3. The zero-order valence-corrected chi connectivity index (χ0v) is 11.2. The normalized spacial score (nSPS) is 11.2. The first kappa shape index (κ1) is 15.0. The summed E-state index contributed by atoms with van der Waals surface area (Å²) >= 11 is 0. The first-order valence-electron chi connectivity index (χ1n) is 5.52. The molecule has 1 amide bonds. The molecule has 0 aliphatic heterocycles. The van der Waals surface area contributed by atoms with Crippen LogP contribution in [0.3, 0.4) is 0 Å². The van der Waals surface area contributed by atoms with Gasteiger partial charge in [-0.2, -0.15) is 0 Å². The number of carbonyl (C=O) groups excluding carboxylic acids is 1. The van der Waals surface area contributed by atoms with E-state index in [2.05, 4.69) is 10.3 Å². The molecule has 0 aliphatic carbocycles. The highest BCUT2D eigenvalue weighted by molar-refractivity contribution is 7.89. The molecular weight excluding hydrogens is 304 g/mol. The van der Waals surface area contributed by atoms with E-state index in [-0.39, 0.29) is 10.5 Å². The van der Waals surface area contributed by atoms with E-state index in [0.717, 1.165) is 30.5 Å². The fourth-order valence-corrected chi connectivity index (χ4v) is 2.07. The molecule has 0 fully saturated rings. The summed E-state index contributed by atoms with van der Waals surface area (Å²) in [6.45, 7) is 0. The third-order valence-corrected chi connectivity index (χ3v) is 3.44. The Balaban J connectivity index is 2.36. The smallest absolute Gasteiger partial charge is 0.258 e. The molecule has 0 unspecified atom stereocenters. The highest BCUT2D eigenvalue weighted by Crippen LogP contribution is 2.20. The molecule has 6 nitrogen and oxygen atoms in total. The van der Waals surface area contributed by atoms with E-state index in [1.54, 1.807) is 0 Å². The molecule has 0 bridgehead atoms. The number of rotatable bonds is 3. The maximum atomic E-state index is 13.6. The van der Waals surface area contributed by atoms with Crippen molar-refractivity contribution >= 4 is 21.6 Å². The molecule has 9 heteroatoms. The average molecular weight is 313 g/mol. The number of hydrogen-bond acceptors (Lipinski definition) is 4. The number of amides is 1. The molecule has 110 valence electrons. The van der Waals surface area contributed by atoms with Gasteiger partial charge in [-0.3, -0.25) is 9.78 Å². The number of aromatic nitrogens is 1. The highest BCUT2D eigenvalue weighted by atomic mass is 32.2. The van der Waals surface area contributed by atoms with E-state index in [4.69, 9.17) is 5.14 Å². The summed E-state index contributed by atoms with van der Waals surface area (Å²) in [6.07, 6.45) is 2.02. The van der Waals surface area contributed by atoms with Crippen molar-refractivity contribution in [2.45, 2.75) is 4.90 Å². The van der Waals surface area contributed by atoms with Crippen molar-refractivity contribution in [3.05, 3.63) is 53.9 Å². The Labute approximate surface area is 118 Å². The van der Waals surface area contributed by atoms with Gasteiger partial charge in [-0.1, -0.05) is 0 Å². The lowest BCUT2D eigenvalue weighted by Crippen LogP contribution is -2.17. The number of pyridine rings is 1. The molecule has 0 spiro atoms. The minimum atomic E-state index is -4.05. The highest BCUT2D eigenvalue weighted by Gasteiger charge is 2.16. The lowest BCUT2D eigenvalue weighted by Gasteiger charge is -2.08. The van der Waals surface area contributed by atoms with Crippen molar-refractivity contribution < 1.29 is 22.0 Å². The summed E-state index contributed by atoms with van der Waals surface area (Å²) in [5.41, 5.74) is -0.784. The minimum absolute atomic E-state index is 0.356. The van der Waals surface area contributed by atoms with E-state index in [0.29, 0.717) is 0 Å². The Kier molecular flexibility index (Phi) is 3.96. The van der Waals surface area contributed by atoms with Gasteiger partial charge in [0.15, 0.2) is 5.82 Å². The molecule has 0 aliphatic rings. The number of hydrogen-bond donors (Lipinski definition) is 2. The van der Waals surface area contributed by atoms with Crippen LogP contribution >= 0.6 is 0 Å². The Morgan fingerprint density at radius 2 is 1.90 bits per heavy atom. The number of nitrogens with two attached hydrogens (primary N) is 1. The molecular formula is C12H9F2N3O3S. The van der Waals surface area contributed by atoms with Gasteiger partial charge in [-0.05, 0) is 24.3 Å². The Morgan fingerprint density at radius 3 is 2.52 bits per heavy atom. The van der Waals surface area contributed by atoms with E-state index in [1.165, 1.54) is 6.20 Å². The third kappa shape index (κ3) is 3.38. The van der Waals surface area contributed by atoms with Crippen LogP contribution in [0.2, 0.25) is 0 Å². The third-order valence-electron chi connectivity index (χ3n) is 2.53. The summed E-state index contributed by atoms with van der Waals surface area (Å²) in [7, 11) is -4.05. The maximum Gasteiger partial charge on any atom is 0.258 e. The molecule has 0 atom stereocenters. The van der Waals surface area contributed by atoms with Crippen LogP contribution in [0.4, 0.5) is 14.5 Å². The van der Waals surface area contributed by atoms with Gasteiger partial charge in [0, 0.05) is 6.20 Å². The van der Waals surface area contributed by atoms with E-state index in [1.807, 2.05) is 0 Å². The van der Waals surface area contributed by atoms with Crippen LogP contribution in [0.5, 0.6) is 0 Å². The first-order chi connectivity index (χ1) is 9.79. The molecule has 21 heavy (non-hydrogen) atoms. The van der Waals surface area contributed by atoms with Crippen LogP contribution in [0, 0.1) is 11.6 Å². The van der Waals surface area contributed by atoms with Crippen LogP contribution in [0.15, 0.2) is 41.6 Å². The Hall–Kier alpha value is -2.39. The zero-order chi connectivity index (χ0) is 15.6. The maximum absolute atomic E-state index is 13.6. The zero-order valence-electron chi connectivity index (χ0n) is 10.4. The fraction of sp³-hybridized carbons (Fsp3) is 0. The van der Waals surface area contributed by atoms with Crippen molar-refractivity contribution in [2.24, 2.45) is 5.14 Å². The van der Waals surface area contributed by atoms with Gasteiger partial charge < -0.3 is 5.32 Å². The molecule has 0 radical (unpaired) electrons. The number of primary sulfonamides is 1. The van der Waals surface area contributed by atoms with Crippen molar-refractivity contribution in [1.29, 1.82) is 0 Å². The van der Waals surface area contributed by atoms with E-state index in [9.17, 15) is 22.0 Å². The van der Waals surface area contributed by atoms with E-state index >= 15 is 0 Å². The fourth-order valence-electron chi connectivity index (χ4n) is 1.53. The van der Waals surface area contributed by atoms with Crippen molar-refractivity contribution in [2.75, 3.05) is 5.32 Å². The number of nitrogens with one attached hydrogen (secondary N) is 1. The van der Waals surface area contributed by atoms with Gasteiger partial charge in [-0.25, -0.2) is 22.3 Å². The standard InChI is InChI=1S/C12H9F2N3O3S/c13-9-2-1-7(21(15,19)20)5-11(9)17-12(18)8-3-4-16-6-10(8)14/h1-6H,(H,17,18)(H2,15,19,20). The van der Waals surface area contributed by atoms with E-state index < -0.39 is 33.3 Å². The van der Waals surface area contributed by atoms with Gasteiger partial charge in [0.05, 0.1) is 22.3 Å². The monoisotopic (exact) mass is 313 g/mol. The number of benzene rings is 1. The lowest BCUT2D eigenvalue weighted by molar-refractivity contribution is 0.102. The average Bonchev–Trinajstić information content (AvgIpc) is 2.40. The number of carbonyl (C=O) groups is 1. The SMILES string of the molecule is NS(=O)(=O)c1ccc(F)c(NC(=O)c2ccncc2F)c1. The van der Waals surface area contributed by atoms with Crippen molar-refractivity contribution in [3.63, 3.8) is 0 Å². The lowest BCUT2D eigenvalue weighted by atomic mass is 10.2. The van der Waals surface area contributed by atoms with Crippen molar-refractivity contribution in [1.82, 2.24) is 4.98 Å². The number of sulfonamides is 1. The van der Waals surface area contributed by atoms with Crippen LogP contribution in [0.25, 0.3) is 0 Å². The van der Waals surface area contributed by atoms with Crippen LogP contribution < -0.4 is 10.5 Å². The molecule has 3 N–H and O–H groups in total. The molecule has 1 aromatic heterocycles. The second kappa shape index (κ2) is 5.54. The Morgan fingerprint density at radius 1 is 1.19 bits per heavy atom. The van der Waals surface area contributed by atoms with Crippen LogP contribution in [0.1, 0.15) is 10.4 Å². The van der Waals surface area contributed by atoms with Gasteiger partial charge in [0.1, 0.15) is 5.82 Å². The van der Waals surface area contributed by atoms with Gasteiger partial charge in [-0.15, -0.1) is 0 Å². The second-order valence-electron chi connectivity index (χ2n) is 4.00. The van der Waals surface area contributed by atoms with Crippen LogP contribution in [-0.2, 0) is 10.0 Å². The predicted molar refractivity (Wildman–Crippen MR) is 69.9 cm³/mol. The quantitative estimate of drug-likeness (QED) is 0.890. The molecule has 0 saturated heterocycles. The summed E-state index contributed by atoms with van der Waals surface area (Å²) in [6, 6.07) is 3.74. The van der Waals surface area contributed by atoms with Gasteiger partial charge in [0.2, 0.25) is 10.0 Å². The summed E-state index contributed by atoms with van der Waals surface area (Å²) in [4.78, 5) is 14.9. The molecule has 0 saturated carbocycles. The Bertz CT molecular complexity index is 809. The largest absolute Gasteiger partial charge is 0.319 e. The number of anilines is 1. The van der Waals surface area contributed by atoms with Crippen molar-refractivity contribution in [3.8, 4) is 0 Å². The molecule has 2 aromatic rings. The second-order valence-corrected chi connectivity index (χ2v) is 5.56. The van der Waals surface area contributed by atoms with Gasteiger partial charge in [0.25, 0.3) is 5.91 Å². The topological polar surface area (TPSA) is 102 Å². The summed E-state index contributed by atoms with van der Waals surface area (Å²) in [5.74, 6) is -2.72. The minimum Gasteiger partial charge on any atom is -0.319 e. The first-order valence-corrected chi connectivity index (χ1v) is 7.07. The molecule has 1 aromatic carbocycles.